The van der Waals surface area contributed by atoms with Crippen molar-refractivity contribution in [3.8, 4) is 0 Å². The highest BCUT2D eigenvalue weighted by Crippen LogP contribution is 2.22. The van der Waals surface area contributed by atoms with Gasteiger partial charge in [-0.2, -0.15) is 0 Å². The van der Waals surface area contributed by atoms with E-state index >= 15 is 0 Å². The average Bonchev–Trinajstić information content (AvgIpc) is 2.84. The zero-order chi connectivity index (χ0) is 16.1. The van der Waals surface area contributed by atoms with Crippen molar-refractivity contribution >= 4 is 5.91 Å². The number of rotatable bonds is 3. The van der Waals surface area contributed by atoms with Crippen molar-refractivity contribution < 1.29 is 9.18 Å². The van der Waals surface area contributed by atoms with E-state index in [-0.39, 0.29) is 11.7 Å². The highest BCUT2D eigenvalue weighted by atomic mass is 19.1. The summed E-state index contributed by atoms with van der Waals surface area (Å²) in [7, 11) is 0. The van der Waals surface area contributed by atoms with Crippen LogP contribution >= 0.6 is 0 Å². The monoisotopic (exact) mass is 318 g/mol. The van der Waals surface area contributed by atoms with E-state index in [2.05, 4.69) is 9.80 Å². The van der Waals surface area contributed by atoms with Gasteiger partial charge in [0.25, 0.3) is 0 Å². The quantitative estimate of drug-likeness (QED) is 0.852. The van der Waals surface area contributed by atoms with Crippen molar-refractivity contribution in [1.29, 1.82) is 0 Å². The predicted octanol–water partition coefficient (Wildman–Crippen LogP) is 3.44. The summed E-state index contributed by atoms with van der Waals surface area (Å²) in [6, 6.07) is 6.80. The van der Waals surface area contributed by atoms with Crippen LogP contribution in [-0.4, -0.2) is 41.9 Å². The van der Waals surface area contributed by atoms with Crippen molar-refractivity contribution in [2.45, 2.75) is 45.1 Å². The van der Waals surface area contributed by atoms with Gasteiger partial charge < -0.3 is 4.90 Å². The number of benzene rings is 1. The second-order valence-electron chi connectivity index (χ2n) is 6.94. The number of piperidine rings is 1. The van der Waals surface area contributed by atoms with E-state index in [1.54, 1.807) is 12.1 Å². The molecule has 0 aromatic heterocycles. The number of nitrogens with zero attached hydrogens (tertiary/aromatic N) is 2. The third kappa shape index (κ3) is 4.54. The molecule has 1 atom stereocenters. The fraction of sp³-hybridized carbons (Fsp3) is 0.632. The summed E-state index contributed by atoms with van der Waals surface area (Å²) in [6.45, 7) is 4.41. The minimum Gasteiger partial charge on any atom is -0.342 e. The molecule has 126 valence electrons. The molecule has 2 heterocycles. The first kappa shape index (κ1) is 16.4. The first-order valence-corrected chi connectivity index (χ1v) is 8.98. The van der Waals surface area contributed by atoms with Crippen molar-refractivity contribution in [3.05, 3.63) is 35.6 Å². The van der Waals surface area contributed by atoms with Gasteiger partial charge in [0.2, 0.25) is 5.91 Å². The van der Waals surface area contributed by atoms with E-state index in [0.717, 1.165) is 64.0 Å². The first-order valence-electron chi connectivity index (χ1n) is 8.98. The molecule has 0 saturated carbocycles. The van der Waals surface area contributed by atoms with Crippen LogP contribution in [0.3, 0.4) is 0 Å². The summed E-state index contributed by atoms with van der Waals surface area (Å²) in [5, 5.41) is 0. The Morgan fingerprint density at radius 2 is 1.87 bits per heavy atom. The van der Waals surface area contributed by atoms with Gasteiger partial charge in [-0.05, 0) is 49.9 Å². The van der Waals surface area contributed by atoms with E-state index in [0.29, 0.717) is 5.91 Å². The Labute approximate surface area is 138 Å². The Morgan fingerprint density at radius 1 is 1.09 bits per heavy atom. The molecule has 2 aliphatic heterocycles. The van der Waals surface area contributed by atoms with Crippen LogP contribution in [0.25, 0.3) is 0 Å². The second kappa shape index (κ2) is 7.91. The molecule has 2 fully saturated rings. The van der Waals surface area contributed by atoms with Gasteiger partial charge in [-0.3, -0.25) is 9.69 Å². The maximum atomic E-state index is 13.3. The Kier molecular flexibility index (Phi) is 5.65. The van der Waals surface area contributed by atoms with Crippen LogP contribution in [0.15, 0.2) is 24.3 Å². The summed E-state index contributed by atoms with van der Waals surface area (Å²) >= 11 is 0. The maximum absolute atomic E-state index is 13.3. The van der Waals surface area contributed by atoms with Gasteiger partial charge in [0.15, 0.2) is 0 Å². The molecule has 23 heavy (non-hydrogen) atoms. The molecule has 3 nitrogen and oxygen atoms in total. The van der Waals surface area contributed by atoms with Crippen LogP contribution in [-0.2, 0) is 11.3 Å². The normalized spacial score (nSPS) is 23.5. The smallest absolute Gasteiger partial charge is 0.226 e. The van der Waals surface area contributed by atoms with Crippen molar-refractivity contribution in [2.24, 2.45) is 5.92 Å². The lowest BCUT2D eigenvalue weighted by Crippen LogP contribution is -2.44. The molecule has 2 saturated heterocycles. The van der Waals surface area contributed by atoms with Gasteiger partial charge in [-0.15, -0.1) is 0 Å². The van der Waals surface area contributed by atoms with Gasteiger partial charge in [0.1, 0.15) is 5.82 Å². The zero-order valence-electron chi connectivity index (χ0n) is 13.8. The number of carbonyl (C=O) groups is 1. The Morgan fingerprint density at radius 3 is 2.61 bits per heavy atom. The molecule has 1 aromatic rings. The maximum Gasteiger partial charge on any atom is 0.226 e. The molecule has 0 spiro atoms. The number of halogens is 1. The highest BCUT2D eigenvalue weighted by molar-refractivity contribution is 5.79. The van der Waals surface area contributed by atoms with Crippen LogP contribution in [0.1, 0.15) is 44.1 Å². The van der Waals surface area contributed by atoms with Crippen LogP contribution in [0.4, 0.5) is 4.39 Å². The van der Waals surface area contributed by atoms with Gasteiger partial charge in [0.05, 0.1) is 5.92 Å². The number of carbonyl (C=O) groups excluding carboxylic acids is 1. The second-order valence-corrected chi connectivity index (χ2v) is 6.94. The zero-order valence-corrected chi connectivity index (χ0v) is 13.8. The Hall–Kier alpha value is -1.42. The fourth-order valence-electron chi connectivity index (χ4n) is 3.84. The molecule has 0 radical (unpaired) electrons. The summed E-state index contributed by atoms with van der Waals surface area (Å²) in [6.07, 6.45) is 6.84. The molecule has 0 unspecified atom stereocenters. The molecular formula is C19H27FN2O. The molecule has 0 N–H and O–H groups in total. The molecule has 2 aliphatic rings. The largest absolute Gasteiger partial charge is 0.342 e. The Balaban J connectivity index is 1.57. The third-order valence-corrected chi connectivity index (χ3v) is 5.07. The summed E-state index contributed by atoms with van der Waals surface area (Å²) in [4.78, 5) is 17.2. The van der Waals surface area contributed by atoms with E-state index < -0.39 is 0 Å². The lowest BCUT2D eigenvalue weighted by molar-refractivity contribution is -0.137. The van der Waals surface area contributed by atoms with Gasteiger partial charge in [0, 0.05) is 26.2 Å². The minimum atomic E-state index is -0.184. The standard InChI is InChI=1S/C19H27FN2O/c20-18-9-5-7-16(13-18)14-21-10-6-8-17(15-21)19(23)22-11-3-1-2-4-12-22/h5,7,9,13,17H,1-4,6,8,10-12,14-15H2/t17-/m1/s1. The molecule has 1 aromatic carbocycles. The average molecular weight is 318 g/mol. The molecule has 4 heteroatoms. The summed E-state index contributed by atoms with van der Waals surface area (Å²) < 4.78 is 13.3. The van der Waals surface area contributed by atoms with E-state index in [4.69, 9.17) is 0 Å². The van der Waals surface area contributed by atoms with E-state index in [9.17, 15) is 9.18 Å². The van der Waals surface area contributed by atoms with Gasteiger partial charge in [-0.1, -0.05) is 25.0 Å². The van der Waals surface area contributed by atoms with Crippen LogP contribution in [0.2, 0.25) is 0 Å². The summed E-state index contributed by atoms with van der Waals surface area (Å²) in [5.74, 6) is 0.281. The summed E-state index contributed by atoms with van der Waals surface area (Å²) in [5.41, 5.74) is 0.993. The molecular weight excluding hydrogens is 291 g/mol. The predicted molar refractivity (Wildman–Crippen MR) is 89.4 cm³/mol. The number of hydrogen-bond donors (Lipinski definition) is 0. The van der Waals surface area contributed by atoms with Crippen LogP contribution in [0, 0.1) is 11.7 Å². The minimum absolute atomic E-state index is 0.121. The SMILES string of the molecule is O=C([C@@H]1CCCN(Cc2cccc(F)c2)C1)N1CCCCCC1. The highest BCUT2D eigenvalue weighted by Gasteiger charge is 2.29. The Bertz CT molecular complexity index is 526. The van der Waals surface area contributed by atoms with E-state index in [1.165, 1.54) is 18.9 Å². The van der Waals surface area contributed by atoms with Crippen LogP contribution in [0.5, 0.6) is 0 Å². The number of amides is 1. The molecule has 0 aliphatic carbocycles. The number of hydrogen-bond acceptors (Lipinski definition) is 2. The fourth-order valence-corrected chi connectivity index (χ4v) is 3.84. The topological polar surface area (TPSA) is 23.6 Å². The number of likely N-dealkylation sites (tertiary alicyclic amines) is 2. The lowest BCUT2D eigenvalue weighted by Gasteiger charge is -2.34. The van der Waals surface area contributed by atoms with Crippen LogP contribution < -0.4 is 0 Å². The third-order valence-electron chi connectivity index (χ3n) is 5.07. The van der Waals surface area contributed by atoms with Crippen molar-refractivity contribution in [1.82, 2.24) is 9.80 Å². The van der Waals surface area contributed by atoms with Crippen molar-refractivity contribution in [2.75, 3.05) is 26.2 Å². The van der Waals surface area contributed by atoms with Gasteiger partial charge in [-0.25, -0.2) is 4.39 Å². The molecule has 3 rings (SSSR count). The molecule has 0 bridgehead atoms. The first-order chi connectivity index (χ1) is 11.2. The van der Waals surface area contributed by atoms with Crippen molar-refractivity contribution in [3.63, 3.8) is 0 Å². The van der Waals surface area contributed by atoms with E-state index in [1.807, 2.05) is 6.07 Å². The molecule has 1 amide bonds. The lowest BCUT2D eigenvalue weighted by atomic mass is 9.96. The van der Waals surface area contributed by atoms with Gasteiger partial charge >= 0.3 is 0 Å².